The number of sulfonamides is 1. The number of aromatic nitrogens is 1. The maximum atomic E-state index is 12.8. The molecule has 0 aliphatic carbocycles. The van der Waals surface area contributed by atoms with Crippen molar-refractivity contribution in [3.05, 3.63) is 59.1 Å². The molecule has 0 bridgehead atoms. The van der Waals surface area contributed by atoms with Crippen molar-refractivity contribution in [2.75, 3.05) is 19.4 Å². The van der Waals surface area contributed by atoms with Crippen molar-refractivity contribution in [2.45, 2.75) is 35.4 Å². The molecule has 0 saturated heterocycles. The Kier molecular flexibility index (Phi) is 7.26. The van der Waals surface area contributed by atoms with E-state index in [2.05, 4.69) is 10.3 Å². The molecule has 1 aromatic heterocycles. The molecule has 1 heterocycles. The number of hydrogen-bond donors (Lipinski definition) is 1. The zero-order valence-corrected chi connectivity index (χ0v) is 20.1. The first-order valence-electron chi connectivity index (χ1n) is 9.69. The van der Waals surface area contributed by atoms with Crippen LogP contribution in [-0.2, 0) is 14.8 Å². The molecule has 1 amide bonds. The van der Waals surface area contributed by atoms with E-state index in [1.807, 2.05) is 26.0 Å². The van der Waals surface area contributed by atoms with E-state index < -0.39 is 10.0 Å². The van der Waals surface area contributed by atoms with Crippen LogP contribution in [0.1, 0.15) is 18.9 Å². The van der Waals surface area contributed by atoms with Crippen LogP contribution in [0, 0.1) is 6.92 Å². The van der Waals surface area contributed by atoms with E-state index in [-0.39, 0.29) is 16.1 Å². The number of para-hydroxylation sites is 1. The van der Waals surface area contributed by atoms with Crippen molar-refractivity contribution >= 4 is 55.9 Å². The number of aryl methyl sites for hydroxylation is 1. The molecule has 0 aliphatic rings. The largest absolute Gasteiger partial charge is 0.324 e. The number of thioether (sulfide) groups is 1. The maximum absolute atomic E-state index is 12.8. The summed E-state index contributed by atoms with van der Waals surface area (Å²) in [5.74, 6) is -0.146. The summed E-state index contributed by atoms with van der Waals surface area (Å²) in [6.45, 7) is 3.85. The quantitative estimate of drug-likeness (QED) is 0.487. The van der Waals surface area contributed by atoms with E-state index in [0.717, 1.165) is 10.9 Å². The third-order valence-electron chi connectivity index (χ3n) is 4.80. The first-order chi connectivity index (χ1) is 14.6. The highest BCUT2D eigenvalue weighted by atomic mass is 35.5. The molecule has 6 nitrogen and oxygen atoms in total. The van der Waals surface area contributed by atoms with E-state index in [1.54, 1.807) is 36.4 Å². The van der Waals surface area contributed by atoms with Gasteiger partial charge in [-0.05, 0) is 55.3 Å². The van der Waals surface area contributed by atoms with Crippen LogP contribution in [0.4, 0.5) is 5.69 Å². The van der Waals surface area contributed by atoms with Crippen LogP contribution < -0.4 is 5.32 Å². The lowest BCUT2D eigenvalue weighted by atomic mass is 10.1. The third kappa shape index (κ3) is 5.20. The number of rotatable bonds is 7. The Morgan fingerprint density at radius 3 is 2.55 bits per heavy atom. The second kappa shape index (κ2) is 9.56. The Labute approximate surface area is 192 Å². The van der Waals surface area contributed by atoms with Crippen LogP contribution in [0.5, 0.6) is 0 Å². The fraction of sp³-hybridized carbons (Fsp3) is 0.273. The average molecular weight is 478 g/mol. The van der Waals surface area contributed by atoms with Crippen molar-refractivity contribution < 1.29 is 13.2 Å². The predicted molar refractivity (Wildman–Crippen MR) is 127 cm³/mol. The van der Waals surface area contributed by atoms with E-state index in [9.17, 15) is 13.2 Å². The molecule has 164 valence electrons. The Balaban J connectivity index is 1.87. The number of benzene rings is 2. The van der Waals surface area contributed by atoms with Crippen molar-refractivity contribution in [3.8, 4) is 0 Å². The molecular weight excluding hydrogens is 454 g/mol. The highest BCUT2D eigenvalue weighted by Gasteiger charge is 2.21. The normalized spacial score (nSPS) is 12.8. The minimum Gasteiger partial charge on any atom is -0.324 e. The summed E-state index contributed by atoms with van der Waals surface area (Å²) in [6, 6.07) is 13.9. The van der Waals surface area contributed by atoms with Gasteiger partial charge in [-0.1, -0.05) is 42.4 Å². The van der Waals surface area contributed by atoms with Crippen molar-refractivity contribution in [3.63, 3.8) is 0 Å². The van der Waals surface area contributed by atoms with Gasteiger partial charge in [0.05, 0.1) is 31.4 Å². The van der Waals surface area contributed by atoms with Gasteiger partial charge in [0.25, 0.3) is 0 Å². The number of carbonyl (C=O) groups is 1. The fourth-order valence-electron chi connectivity index (χ4n) is 3.02. The molecule has 0 aliphatic heterocycles. The highest BCUT2D eigenvalue weighted by Crippen LogP contribution is 2.31. The molecule has 2 aromatic carbocycles. The van der Waals surface area contributed by atoms with Crippen molar-refractivity contribution in [1.82, 2.24) is 9.29 Å². The molecule has 0 spiro atoms. The number of halogens is 1. The van der Waals surface area contributed by atoms with Gasteiger partial charge in [-0.15, -0.1) is 0 Å². The Morgan fingerprint density at radius 1 is 1.19 bits per heavy atom. The standard InChI is InChI=1S/C22H24ClN3O3S2/c1-5-20(22(27)25-19-9-7-6-8-17(19)23)30-21-12-14(2)16-13-15(10-11-18(16)24-21)31(28,29)26(3)4/h6-13,20H,5H2,1-4H3,(H,25,27). The van der Waals surface area contributed by atoms with Crippen molar-refractivity contribution in [2.24, 2.45) is 0 Å². The van der Waals surface area contributed by atoms with Crippen LogP contribution in [0.15, 0.2) is 58.5 Å². The molecule has 3 aromatic rings. The Bertz CT molecular complexity index is 1230. The SMILES string of the molecule is CCC(Sc1cc(C)c2cc(S(=O)(=O)N(C)C)ccc2n1)C(=O)Nc1ccccc1Cl. The summed E-state index contributed by atoms with van der Waals surface area (Å²) in [5.41, 5.74) is 2.15. The lowest BCUT2D eigenvalue weighted by molar-refractivity contribution is -0.115. The summed E-state index contributed by atoms with van der Waals surface area (Å²) in [6.07, 6.45) is 0.611. The minimum atomic E-state index is -3.53. The van der Waals surface area contributed by atoms with Gasteiger partial charge in [-0.2, -0.15) is 0 Å². The molecule has 1 N–H and O–H groups in total. The number of hydrogen-bond acceptors (Lipinski definition) is 5. The van der Waals surface area contributed by atoms with Crippen molar-refractivity contribution in [1.29, 1.82) is 0 Å². The summed E-state index contributed by atoms with van der Waals surface area (Å²) in [7, 11) is -0.520. The third-order valence-corrected chi connectivity index (χ3v) is 8.22. The highest BCUT2D eigenvalue weighted by molar-refractivity contribution is 8.00. The first kappa shape index (κ1) is 23.5. The van der Waals surface area contributed by atoms with Crippen LogP contribution in [0.2, 0.25) is 5.02 Å². The van der Waals surface area contributed by atoms with E-state index in [4.69, 9.17) is 11.6 Å². The lowest BCUT2D eigenvalue weighted by Gasteiger charge is -2.16. The van der Waals surface area contributed by atoms with Crippen LogP contribution in [0.25, 0.3) is 10.9 Å². The molecule has 9 heteroatoms. The van der Waals surface area contributed by atoms with E-state index >= 15 is 0 Å². The maximum Gasteiger partial charge on any atom is 0.242 e. The van der Waals surface area contributed by atoms with Gasteiger partial charge >= 0.3 is 0 Å². The van der Waals surface area contributed by atoms with Crippen LogP contribution >= 0.6 is 23.4 Å². The van der Waals surface area contributed by atoms with Gasteiger partial charge in [0.1, 0.15) is 0 Å². The second-order valence-corrected chi connectivity index (χ2v) is 11.0. The first-order valence-corrected chi connectivity index (χ1v) is 12.4. The molecule has 1 atom stereocenters. The van der Waals surface area contributed by atoms with Crippen LogP contribution in [0.3, 0.4) is 0 Å². The average Bonchev–Trinajstić information content (AvgIpc) is 2.73. The van der Waals surface area contributed by atoms with Gasteiger partial charge in [0.15, 0.2) is 0 Å². The summed E-state index contributed by atoms with van der Waals surface area (Å²) in [4.78, 5) is 17.6. The Morgan fingerprint density at radius 2 is 1.90 bits per heavy atom. The number of amides is 1. The number of fused-ring (bicyclic) bond motifs is 1. The molecule has 3 rings (SSSR count). The molecule has 1 unspecified atom stereocenters. The van der Waals surface area contributed by atoms with Crippen LogP contribution in [-0.4, -0.2) is 43.0 Å². The van der Waals surface area contributed by atoms with Gasteiger partial charge in [-0.3, -0.25) is 4.79 Å². The topological polar surface area (TPSA) is 79.4 Å². The number of nitrogens with one attached hydrogen (secondary N) is 1. The summed E-state index contributed by atoms with van der Waals surface area (Å²) in [5, 5.41) is 4.48. The molecule has 0 radical (unpaired) electrons. The minimum absolute atomic E-state index is 0.146. The van der Waals surface area contributed by atoms with Gasteiger partial charge in [0, 0.05) is 19.5 Å². The number of anilines is 1. The lowest BCUT2D eigenvalue weighted by Crippen LogP contribution is -2.24. The zero-order chi connectivity index (χ0) is 22.8. The number of pyridine rings is 1. The smallest absolute Gasteiger partial charge is 0.242 e. The predicted octanol–water partition coefficient (Wildman–Crippen LogP) is 4.96. The van der Waals surface area contributed by atoms with E-state index in [1.165, 1.54) is 30.2 Å². The number of carbonyl (C=O) groups excluding carboxylic acids is 1. The second-order valence-electron chi connectivity index (χ2n) is 7.23. The molecule has 31 heavy (non-hydrogen) atoms. The zero-order valence-electron chi connectivity index (χ0n) is 17.7. The van der Waals surface area contributed by atoms with Gasteiger partial charge in [-0.25, -0.2) is 17.7 Å². The molecule has 0 saturated carbocycles. The summed E-state index contributed by atoms with van der Waals surface area (Å²) >= 11 is 7.52. The number of nitrogens with zero attached hydrogens (tertiary/aromatic N) is 2. The Hall–Kier alpha value is -2.13. The molecule has 0 fully saturated rings. The van der Waals surface area contributed by atoms with E-state index in [0.29, 0.717) is 27.7 Å². The van der Waals surface area contributed by atoms with Gasteiger partial charge in [0.2, 0.25) is 15.9 Å². The van der Waals surface area contributed by atoms with Gasteiger partial charge < -0.3 is 5.32 Å². The summed E-state index contributed by atoms with van der Waals surface area (Å²) < 4.78 is 26.1. The monoisotopic (exact) mass is 477 g/mol. The fourth-order valence-corrected chi connectivity index (χ4v) is 5.15. The molecular formula is C22H24ClN3O3S2.